The van der Waals surface area contributed by atoms with Crippen molar-refractivity contribution in [1.82, 2.24) is 4.90 Å². The first kappa shape index (κ1) is 32.6. The molecule has 0 atom stereocenters. The van der Waals surface area contributed by atoms with Crippen LogP contribution in [0.5, 0.6) is 0 Å². The van der Waals surface area contributed by atoms with Gasteiger partial charge in [-0.05, 0) is 51.7 Å². The van der Waals surface area contributed by atoms with Gasteiger partial charge in [0.1, 0.15) is 0 Å². The maximum Gasteiger partial charge on any atom is 1.00 e. The van der Waals surface area contributed by atoms with E-state index in [1.807, 2.05) is 0 Å². The van der Waals surface area contributed by atoms with Crippen LogP contribution in [0.4, 0.5) is 0 Å². The van der Waals surface area contributed by atoms with E-state index in [1.165, 1.54) is 116 Å². The minimum atomic E-state index is -0.903. The molecule has 30 heavy (non-hydrogen) atoms. The maximum absolute atomic E-state index is 10.5. The average Bonchev–Trinajstić information content (AvgIpc) is 2.70. The average molecular weight is 434 g/mol. The van der Waals surface area contributed by atoms with Gasteiger partial charge >= 0.3 is 29.6 Å². The quantitative estimate of drug-likeness (QED) is 0.171. The van der Waals surface area contributed by atoms with Gasteiger partial charge in [0.15, 0.2) is 0 Å². The molecule has 0 aliphatic heterocycles. The van der Waals surface area contributed by atoms with Gasteiger partial charge in [-0.15, -0.1) is 0 Å². The summed E-state index contributed by atoms with van der Waals surface area (Å²) in [4.78, 5) is 13.2. The summed E-state index contributed by atoms with van der Waals surface area (Å²) in [6.45, 7) is 8.15. The molecule has 0 bridgehead atoms. The molecule has 0 radical (unpaired) electrons. The molecule has 0 aromatic carbocycles. The Labute approximate surface area is 211 Å². The maximum atomic E-state index is 10.5. The summed E-state index contributed by atoms with van der Waals surface area (Å²) in [6.07, 6.45) is 25.2. The van der Waals surface area contributed by atoms with Crippen LogP contribution >= 0.6 is 0 Å². The smallest absolute Gasteiger partial charge is 0.550 e. The Kier molecular flexibility index (Phi) is 29.9. The van der Waals surface area contributed by atoms with Crippen LogP contribution in [0.3, 0.4) is 0 Å². The third-order valence-corrected chi connectivity index (χ3v) is 6.01. The summed E-state index contributed by atoms with van der Waals surface area (Å²) in [6, 6.07) is 0. The van der Waals surface area contributed by atoms with Crippen LogP contribution in [0.2, 0.25) is 0 Å². The Morgan fingerprint density at radius 3 is 1.17 bits per heavy atom. The van der Waals surface area contributed by atoms with Crippen LogP contribution in [-0.2, 0) is 4.79 Å². The number of rotatable bonds is 24. The van der Waals surface area contributed by atoms with Gasteiger partial charge in [-0.25, -0.2) is 0 Å². The van der Waals surface area contributed by atoms with E-state index < -0.39 is 5.97 Å². The van der Waals surface area contributed by atoms with E-state index in [2.05, 4.69) is 18.7 Å². The minimum Gasteiger partial charge on any atom is -0.550 e. The standard InChI is InChI=1S/C26H53NO2.Na/c1-3-5-7-9-11-13-15-19-23-27(25-21-17-18-22-26(28)29)24-20-16-14-12-10-8-6-4-2;/h3-25H2,1-2H3,(H,28,29);/q;+1/p-1. The topological polar surface area (TPSA) is 43.4 Å². The summed E-state index contributed by atoms with van der Waals surface area (Å²) in [5, 5.41) is 10.5. The summed E-state index contributed by atoms with van der Waals surface area (Å²) in [7, 11) is 0. The Balaban J connectivity index is 0. The van der Waals surface area contributed by atoms with E-state index in [0.29, 0.717) is 0 Å². The number of hydrogen-bond donors (Lipinski definition) is 0. The van der Waals surface area contributed by atoms with E-state index in [0.717, 1.165) is 25.8 Å². The third kappa shape index (κ3) is 26.5. The second kappa shape index (κ2) is 27.5. The first-order valence-electron chi connectivity index (χ1n) is 13.1. The van der Waals surface area contributed by atoms with Crippen molar-refractivity contribution in [2.45, 2.75) is 142 Å². The molecule has 174 valence electrons. The van der Waals surface area contributed by atoms with E-state index in [-0.39, 0.29) is 36.0 Å². The van der Waals surface area contributed by atoms with Crippen molar-refractivity contribution in [3.63, 3.8) is 0 Å². The van der Waals surface area contributed by atoms with Gasteiger partial charge in [0.2, 0.25) is 0 Å². The number of carboxylic acids is 1. The fourth-order valence-electron chi connectivity index (χ4n) is 4.06. The Morgan fingerprint density at radius 1 is 0.533 bits per heavy atom. The van der Waals surface area contributed by atoms with E-state index in [9.17, 15) is 9.90 Å². The van der Waals surface area contributed by atoms with Gasteiger partial charge in [0, 0.05) is 5.97 Å². The van der Waals surface area contributed by atoms with Gasteiger partial charge in [-0.1, -0.05) is 110 Å². The molecule has 0 heterocycles. The zero-order valence-corrected chi connectivity index (χ0v) is 23.0. The Hall–Kier alpha value is 0.430. The van der Waals surface area contributed by atoms with Gasteiger partial charge < -0.3 is 14.8 Å². The molecular formula is C26H52NNaO2. The van der Waals surface area contributed by atoms with Crippen molar-refractivity contribution in [3.05, 3.63) is 0 Å². The van der Waals surface area contributed by atoms with Gasteiger partial charge in [0.25, 0.3) is 0 Å². The summed E-state index contributed by atoms with van der Waals surface area (Å²) >= 11 is 0. The predicted octanol–water partition coefficient (Wildman–Crippen LogP) is 3.88. The minimum absolute atomic E-state index is 0. The molecule has 0 aliphatic carbocycles. The van der Waals surface area contributed by atoms with Crippen LogP contribution in [0, 0.1) is 0 Å². The predicted molar refractivity (Wildman–Crippen MR) is 125 cm³/mol. The van der Waals surface area contributed by atoms with Crippen molar-refractivity contribution in [2.75, 3.05) is 19.6 Å². The Morgan fingerprint density at radius 2 is 0.833 bits per heavy atom. The molecule has 0 fully saturated rings. The van der Waals surface area contributed by atoms with Crippen LogP contribution < -0.4 is 34.7 Å². The van der Waals surface area contributed by atoms with E-state index >= 15 is 0 Å². The Bertz CT molecular complexity index is 319. The van der Waals surface area contributed by atoms with Gasteiger partial charge in [0.05, 0.1) is 0 Å². The van der Waals surface area contributed by atoms with E-state index in [1.54, 1.807) is 0 Å². The molecule has 0 saturated carbocycles. The van der Waals surface area contributed by atoms with Gasteiger partial charge in [-0.3, -0.25) is 0 Å². The van der Waals surface area contributed by atoms with E-state index in [4.69, 9.17) is 0 Å². The monoisotopic (exact) mass is 433 g/mol. The molecule has 0 rings (SSSR count). The first-order valence-corrected chi connectivity index (χ1v) is 13.1. The molecule has 0 saturated heterocycles. The number of nitrogens with zero attached hydrogens (tertiary/aromatic N) is 1. The van der Waals surface area contributed by atoms with Gasteiger partial charge in [-0.2, -0.15) is 0 Å². The van der Waals surface area contributed by atoms with Crippen molar-refractivity contribution < 1.29 is 39.5 Å². The van der Waals surface area contributed by atoms with Crippen molar-refractivity contribution in [3.8, 4) is 0 Å². The van der Waals surface area contributed by atoms with Crippen LogP contribution in [0.25, 0.3) is 0 Å². The third-order valence-electron chi connectivity index (χ3n) is 6.01. The number of carbonyl (C=O) groups excluding carboxylic acids is 1. The number of hydrogen-bond acceptors (Lipinski definition) is 3. The molecule has 0 amide bonds. The summed E-state index contributed by atoms with van der Waals surface area (Å²) < 4.78 is 0. The molecule has 0 aliphatic rings. The molecule has 0 aromatic rings. The molecule has 4 heteroatoms. The normalized spacial score (nSPS) is 11.0. The second-order valence-corrected chi connectivity index (χ2v) is 8.97. The molecule has 0 aromatic heterocycles. The second-order valence-electron chi connectivity index (χ2n) is 8.97. The molecule has 0 unspecified atom stereocenters. The summed E-state index contributed by atoms with van der Waals surface area (Å²) in [5.41, 5.74) is 0. The SMILES string of the molecule is CCCCCCCCCCN(CCCCCCCCCC)CCCCCC(=O)[O-].[Na+]. The van der Waals surface area contributed by atoms with Crippen molar-refractivity contribution >= 4 is 5.97 Å². The number of carbonyl (C=O) groups is 1. The number of aliphatic carboxylic acids is 1. The van der Waals surface area contributed by atoms with Crippen LogP contribution in [-0.4, -0.2) is 30.5 Å². The molecule has 0 N–H and O–H groups in total. The zero-order chi connectivity index (χ0) is 21.4. The summed E-state index contributed by atoms with van der Waals surface area (Å²) in [5.74, 6) is -0.903. The van der Waals surface area contributed by atoms with Crippen molar-refractivity contribution in [1.29, 1.82) is 0 Å². The number of carboxylic acid groups (broad SMARTS) is 1. The van der Waals surface area contributed by atoms with Crippen LogP contribution in [0.1, 0.15) is 142 Å². The first-order chi connectivity index (χ1) is 14.2. The molecule has 0 spiro atoms. The van der Waals surface area contributed by atoms with Crippen LogP contribution in [0.15, 0.2) is 0 Å². The van der Waals surface area contributed by atoms with Crippen molar-refractivity contribution in [2.24, 2.45) is 0 Å². The molecule has 3 nitrogen and oxygen atoms in total. The fraction of sp³-hybridized carbons (Fsp3) is 0.962. The zero-order valence-electron chi connectivity index (χ0n) is 21.0. The fourth-order valence-corrected chi connectivity index (χ4v) is 4.06. The number of unbranched alkanes of at least 4 members (excludes halogenated alkanes) is 16. The molecular weight excluding hydrogens is 381 g/mol. The largest absolute Gasteiger partial charge is 1.00 e.